The highest BCUT2D eigenvalue weighted by Gasteiger charge is 2.36. The number of hydrogen-bond acceptors (Lipinski definition) is 0. The van der Waals surface area contributed by atoms with Crippen LogP contribution in [0.15, 0.2) is 18.2 Å². The molecule has 0 aromatic heterocycles. The summed E-state index contributed by atoms with van der Waals surface area (Å²) >= 11 is 0. The van der Waals surface area contributed by atoms with Gasteiger partial charge in [-0.2, -0.15) is 0 Å². The van der Waals surface area contributed by atoms with Crippen LogP contribution in [-0.4, -0.2) is 0 Å². The molecule has 0 aliphatic heterocycles. The third-order valence-corrected chi connectivity index (χ3v) is 2.97. The summed E-state index contributed by atoms with van der Waals surface area (Å²) in [5, 5.41) is 0. The summed E-state index contributed by atoms with van der Waals surface area (Å²) in [4.78, 5) is 0. The van der Waals surface area contributed by atoms with Crippen molar-refractivity contribution in [2.45, 2.75) is 33.1 Å². The first-order chi connectivity index (χ1) is 6.09. The first kappa shape index (κ1) is 8.74. The summed E-state index contributed by atoms with van der Waals surface area (Å²) in [6.45, 7) is 4.07. The van der Waals surface area contributed by atoms with Gasteiger partial charge in [0.2, 0.25) is 0 Å². The Kier molecular flexibility index (Phi) is 1.90. The fraction of sp³-hybridized carbons (Fsp3) is 0.500. The Hall–Kier alpha value is -0.850. The molecule has 0 saturated heterocycles. The van der Waals surface area contributed by atoms with E-state index in [2.05, 4.69) is 6.92 Å². The molecule has 1 aromatic carbocycles. The van der Waals surface area contributed by atoms with E-state index in [9.17, 15) is 4.39 Å². The van der Waals surface area contributed by atoms with Gasteiger partial charge in [0.05, 0.1) is 0 Å². The molecule has 1 fully saturated rings. The van der Waals surface area contributed by atoms with Crippen LogP contribution >= 0.6 is 0 Å². The van der Waals surface area contributed by atoms with Gasteiger partial charge in [0.15, 0.2) is 0 Å². The molecule has 1 saturated carbocycles. The maximum Gasteiger partial charge on any atom is 0.126 e. The van der Waals surface area contributed by atoms with Crippen molar-refractivity contribution >= 4 is 0 Å². The minimum atomic E-state index is -0.0678. The Morgan fingerprint density at radius 1 is 1.38 bits per heavy atom. The molecule has 0 N–H and O–H groups in total. The first-order valence-corrected chi connectivity index (χ1v) is 4.84. The Morgan fingerprint density at radius 2 is 2.08 bits per heavy atom. The number of halogens is 1. The molecule has 0 nitrogen and oxygen atoms in total. The molecule has 0 unspecified atom stereocenters. The van der Waals surface area contributed by atoms with Crippen molar-refractivity contribution in [2.24, 2.45) is 5.41 Å². The summed E-state index contributed by atoms with van der Waals surface area (Å²) in [7, 11) is 0. The van der Waals surface area contributed by atoms with Crippen LogP contribution in [0.1, 0.15) is 30.9 Å². The van der Waals surface area contributed by atoms with E-state index in [4.69, 9.17) is 0 Å². The monoisotopic (exact) mass is 178 g/mol. The second-order valence-corrected chi connectivity index (χ2v) is 4.57. The van der Waals surface area contributed by atoms with Gasteiger partial charge in [-0.1, -0.05) is 19.1 Å². The standard InChI is InChI=1S/C12H15F/c1-9-3-4-10(7-11(9)13)8-12(2)5-6-12/h3-4,7H,5-6,8H2,1-2H3. The fourth-order valence-corrected chi connectivity index (χ4v) is 1.63. The molecule has 1 aromatic rings. The van der Waals surface area contributed by atoms with Gasteiger partial charge in [-0.15, -0.1) is 0 Å². The predicted molar refractivity (Wildman–Crippen MR) is 52.2 cm³/mol. The van der Waals surface area contributed by atoms with Crippen LogP contribution in [0, 0.1) is 18.2 Å². The molecule has 70 valence electrons. The molecule has 0 radical (unpaired) electrons. The average molecular weight is 178 g/mol. The molecule has 1 heteroatoms. The third kappa shape index (κ3) is 1.90. The van der Waals surface area contributed by atoms with Crippen molar-refractivity contribution in [3.05, 3.63) is 35.1 Å². The lowest BCUT2D eigenvalue weighted by molar-refractivity contribution is 0.562. The van der Waals surface area contributed by atoms with Gasteiger partial charge in [0, 0.05) is 0 Å². The second kappa shape index (κ2) is 2.83. The first-order valence-electron chi connectivity index (χ1n) is 4.84. The van der Waals surface area contributed by atoms with Crippen LogP contribution in [0.4, 0.5) is 4.39 Å². The highest BCUT2D eigenvalue weighted by Crippen LogP contribution is 2.47. The molecule has 1 aliphatic carbocycles. The SMILES string of the molecule is Cc1ccc(CC2(C)CC2)cc1F. The van der Waals surface area contributed by atoms with Gasteiger partial charge < -0.3 is 0 Å². The minimum absolute atomic E-state index is 0.0678. The van der Waals surface area contributed by atoms with E-state index in [1.165, 1.54) is 12.8 Å². The Morgan fingerprint density at radius 3 is 2.62 bits per heavy atom. The lowest BCUT2D eigenvalue weighted by Crippen LogP contribution is -1.99. The van der Waals surface area contributed by atoms with E-state index in [1.54, 1.807) is 13.0 Å². The molecule has 13 heavy (non-hydrogen) atoms. The molecule has 0 heterocycles. The zero-order chi connectivity index (χ0) is 9.47. The number of rotatable bonds is 2. The van der Waals surface area contributed by atoms with E-state index < -0.39 is 0 Å². The summed E-state index contributed by atoms with van der Waals surface area (Å²) in [6.07, 6.45) is 3.62. The highest BCUT2D eigenvalue weighted by molar-refractivity contribution is 5.25. The van der Waals surface area contributed by atoms with E-state index in [-0.39, 0.29) is 5.82 Å². The molecule has 0 spiro atoms. The molecular weight excluding hydrogens is 163 g/mol. The van der Waals surface area contributed by atoms with Crippen molar-refractivity contribution < 1.29 is 4.39 Å². The van der Waals surface area contributed by atoms with Crippen LogP contribution in [0.25, 0.3) is 0 Å². The molecule has 0 bridgehead atoms. The zero-order valence-electron chi connectivity index (χ0n) is 8.23. The normalized spacial score (nSPS) is 18.7. The molecule has 1 aliphatic rings. The topological polar surface area (TPSA) is 0 Å². The van der Waals surface area contributed by atoms with Crippen LogP contribution in [0.3, 0.4) is 0 Å². The Labute approximate surface area is 78.8 Å². The van der Waals surface area contributed by atoms with E-state index in [0.29, 0.717) is 5.41 Å². The lowest BCUT2D eigenvalue weighted by atomic mass is 9.98. The van der Waals surface area contributed by atoms with Crippen LogP contribution in [0.5, 0.6) is 0 Å². The van der Waals surface area contributed by atoms with E-state index in [1.807, 2.05) is 12.1 Å². The Balaban J connectivity index is 2.17. The summed E-state index contributed by atoms with van der Waals surface area (Å²) in [5.41, 5.74) is 2.36. The van der Waals surface area contributed by atoms with Crippen LogP contribution in [0.2, 0.25) is 0 Å². The maximum absolute atomic E-state index is 13.2. The summed E-state index contributed by atoms with van der Waals surface area (Å²) in [6, 6.07) is 5.59. The second-order valence-electron chi connectivity index (χ2n) is 4.57. The van der Waals surface area contributed by atoms with Gasteiger partial charge in [-0.3, -0.25) is 0 Å². The average Bonchev–Trinajstić information content (AvgIpc) is 2.76. The smallest absolute Gasteiger partial charge is 0.126 e. The largest absolute Gasteiger partial charge is 0.207 e. The van der Waals surface area contributed by atoms with Crippen LogP contribution in [-0.2, 0) is 6.42 Å². The maximum atomic E-state index is 13.2. The third-order valence-electron chi connectivity index (χ3n) is 2.97. The quantitative estimate of drug-likeness (QED) is 0.650. The van der Waals surface area contributed by atoms with Gasteiger partial charge in [-0.25, -0.2) is 4.39 Å². The zero-order valence-corrected chi connectivity index (χ0v) is 8.23. The van der Waals surface area contributed by atoms with Gasteiger partial charge in [0.25, 0.3) is 0 Å². The predicted octanol–water partition coefficient (Wildman–Crippen LogP) is 3.48. The van der Waals surface area contributed by atoms with Crippen molar-refractivity contribution in [3.8, 4) is 0 Å². The van der Waals surface area contributed by atoms with Crippen molar-refractivity contribution in [3.63, 3.8) is 0 Å². The number of benzene rings is 1. The molecule has 2 rings (SSSR count). The van der Waals surface area contributed by atoms with E-state index >= 15 is 0 Å². The molecular formula is C12H15F. The number of hydrogen-bond donors (Lipinski definition) is 0. The highest BCUT2D eigenvalue weighted by atomic mass is 19.1. The van der Waals surface area contributed by atoms with Gasteiger partial charge in [-0.05, 0) is 48.8 Å². The van der Waals surface area contributed by atoms with Gasteiger partial charge in [0.1, 0.15) is 5.82 Å². The van der Waals surface area contributed by atoms with Gasteiger partial charge >= 0.3 is 0 Å². The molecule has 0 atom stereocenters. The minimum Gasteiger partial charge on any atom is -0.207 e. The lowest BCUT2D eigenvalue weighted by Gasteiger charge is -2.08. The Bertz CT molecular complexity index is 324. The fourth-order valence-electron chi connectivity index (χ4n) is 1.63. The van der Waals surface area contributed by atoms with Crippen molar-refractivity contribution in [1.29, 1.82) is 0 Å². The van der Waals surface area contributed by atoms with E-state index in [0.717, 1.165) is 17.5 Å². The number of aryl methyl sites for hydroxylation is 1. The van der Waals surface area contributed by atoms with Crippen molar-refractivity contribution in [2.75, 3.05) is 0 Å². The summed E-state index contributed by atoms with van der Waals surface area (Å²) in [5.74, 6) is -0.0678. The summed E-state index contributed by atoms with van der Waals surface area (Å²) < 4.78 is 13.2. The van der Waals surface area contributed by atoms with Crippen molar-refractivity contribution in [1.82, 2.24) is 0 Å². The van der Waals surface area contributed by atoms with Crippen LogP contribution < -0.4 is 0 Å². The molecule has 0 amide bonds.